The second-order valence-corrected chi connectivity index (χ2v) is 6.21. The van der Waals surface area contributed by atoms with Gasteiger partial charge in [-0.05, 0) is 27.7 Å². The van der Waals surface area contributed by atoms with Gasteiger partial charge >= 0.3 is 6.18 Å². The van der Waals surface area contributed by atoms with Crippen molar-refractivity contribution in [3.63, 3.8) is 0 Å². The third-order valence-electron chi connectivity index (χ3n) is 4.54. The van der Waals surface area contributed by atoms with Gasteiger partial charge in [0.25, 0.3) is 0 Å². The van der Waals surface area contributed by atoms with E-state index in [0.29, 0.717) is 45.2 Å². The molecule has 0 radical (unpaired) electrons. The van der Waals surface area contributed by atoms with Gasteiger partial charge in [0.2, 0.25) is 0 Å². The third kappa shape index (κ3) is 5.73. The van der Waals surface area contributed by atoms with E-state index >= 15 is 0 Å². The lowest BCUT2D eigenvalue weighted by Crippen LogP contribution is -2.56. The SMILES string of the molecule is CCNC(=NCc1c(C)noc1C)N1CCN(C(C)C(F)(F)F)CC1.I. The molecule has 0 aromatic carbocycles. The number of nitrogens with one attached hydrogen (secondary N) is 1. The van der Waals surface area contributed by atoms with Crippen molar-refractivity contribution in [2.75, 3.05) is 32.7 Å². The van der Waals surface area contributed by atoms with E-state index < -0.39 is 12.2 Å². The first kappa shape index (κ1) is 23.0. The number of guanidine groups is 1. The standard InChI is InChI=1S/C16H26F3N5O.HI/c1-5-20-15(21-10-14-11(2)22-25-12(14)3)24-8-6-23(7-9-24)13(4)16(17,18)19;/h13H,5-10H2,1-4H3,(H,20,21);1H. The Morgan fingerprint density at radius 1 is 1.27 bits per heavy atom. The number of nitrogens with zero attached hydrogens (tertiary/aromatic N) is 4. The zero-order chi connectivity index (χ0) is 18.6. The van der Waals surface area contributed by atoms with Crippen LogP contribution in [0.2, 0.25) is 0 Å². The van der Waals surface area contributed by atoms with Gasteiger partial charge in [-0.2, -0.15) is 13.2 Å². The van der Waals surface area contributed by atoms with Gasteiger partial charge in [0.15, 0.2) is 5.96 Å². The second-order valence-electron chi connectivity index (χ2n) is 6.21. The average molecular weight is 489 g/mol. The number of piperazine rings is 1. The predicted octanol–water partition coefficient (Wildman–Crippen LogP) is 2.94. The number of aryl methyl sites for hydroxylation is 2. The molecule has 2 heterocycles. The molecule has 26 heavy (non-hydrogen) atoms. The van der Waals surface area contributed by atoms with Crippen LogP contribution in [0.4, 0.5) is 13.2 Å². The molecule has 1 unspecified atom stereocenters. The average Bonchev–Trinajstić information content (AvgIpc) is 2.88. The molecule has 1 aliphatic rings. The van der Waals surface area contributed by atoms with Gasteiger partial charge in [0.05, 0.1) is 12.2 Å². The molecule has 1 aliphatic heterocycles. The Morgan fingerprint density at radius 3 is 2.35 bits per heavy atom. The summed E-state index contributed by atoms with van der Waals surface area (Å²) in [4.78, 5) is 8.08. The molecular formula is C16H27F3IN5O. The topological polar surface area (TPSA) is 56.9 Å². The van der Waals surface area contributed by atoms with Crippen LogP contribution in [-0.4, -0.2) is 65.9 Å². The van der Waals surface area contributed by atoms with Crippen LogP contribution in [0.25, 0.3) is 0 Å². The lowest BCUT2D eigenvalue weighted by atomic mass is 10.2. The Balaban J connectivity index is 0.00000338. The Kier molecular flexibility index (Phi) is 8.64. The molecule has 6 nitrogen and oxygen atoms in total. The number of rotatable bonds is 4. The molecule has 10 heteroatoms. The van der Waals surface area contributed by atoms with Crippen molar-refractivity contribution >= 4 is 29.9 Å². The molecule has 1 fully saturated rings. The maximum Gasteiger partial charge on any atom is 0.403 e. The monoisotopic (exact) mass is 489 g/mol. The molecule has 0 saturated carbocycles. The summed E-state index contributed by atoms with van der Waals surface area (Å²) in [5, 5.41) is 7.13. The van der Waals surface area contributed by atoms with E-state index in [0.717, 1.165) is 17.0 Å². The number of halogens is 4. The van der Waals surface area contributed by atoms with Gasteiger partial charge in [0.1, 0.15) is 11.8 Å². The molecule has 1 saturated heterocycles. The van der Waals surface area contributed by atoms with Crippen molar-refractivity contribution in [2.24, 2.45) is 4.99 Å². The van der Waals surface area contributed by atoms with Crippen LogP contribution in [-0.2, 0) is 6.54 Å². The fourth-order valence-electron chi connectivity index (χ4n) is 2.84. The van der Waals surface area contributed by atoms with E-state index in [9.17, 15) is 13.2 Å². The van der Waals surface area contributed by atoms with E-state index in [1.54, 1.807) is 0 Å². The minimum Gasteiger partial charge on any atom is -0.361 e. The normalized spacial score (nSPS) is 17.8. The minimum atomic E-state index is -4.19. The van der Waals surface area contributed by atoms with E-state index in [1.165, 1.54) is 11.8 Å². The Morgan fingerprint density at radius 2 is 1.88 bits per heavy atom. The van der Waals surface area contributed by atoms with Gasteiger partial charge < -0.3 is 14.7 Å². The minimum absolute atomic E-state index is 0. The highest BCUT2D eigenvalue weighted by atomic mass is 127. The Hall–Kier alpha value is -1.04. The Labute approximate surface area is 169 Å². The number of aliphatic imine (C=N–C) groups is 1. The maximum atomic E-state index is 12.9. The molecule has 0 aliphatic carbocycles. The molecule has 1 aromatic rings. The number of aromatic nitrogens is 1. The quantitative estimate of drug-likeness (QED) is 0.401. The fourth-order valence-corrected chi connectivity index (χ4v) is 2.84. The van der Waals surface area contributed by atoms with Crippen LogP contribution in [0, 0.1) is 13.8 Å². The van der Waals surface area contributed by atoms with E-state index in [2.05, 4.69) is 15.5 Å². The lowest BCUT2D eigenvalue weighted by molar-refractivity contribution is -0.181. The summed E-state index contributed by atoms with van der Waals surface area (Å²) in [6, 6.07) is -1.42. The summed E-state index contributed by atoms with van der Waals surface area (Å²) in [6.07, 6.45) is -4.19. The zero-order valence-corrected chi connectivity index (χ0v) is 17.9. The summed E-state index contributed by atoms with van der Waals surface area (Å²) in [5.74, 6) is 1.45. The van der Waals surface area contributed by atoms with Crippen molar-refractivity contribution in [1.29, 1.82) is 0 Å². The molecule has 1 atom stereocenters. The van der Waals surface area contributed by atoms with Crippen LogP contribution in [0.5, 0.6) is 0 Å². The second kappa shape index (κ2) is 9.77. The molecule has 2 rings (SSSR count). The molecule has 1 N–H and O–H groups in total. The molecule has 0 bridgehead atoms. The van der Waals surface area contributed by atoms with Crippen molar-refractivity contribution in [3.05, 3.63) is 17.0 Å². The number of hydrogen-bond donors (Lipinski definition) is 1. The van der Waals surface area contributed by atoms with Gasteiger partial charge in [0, 0.05) is 38.3 Å². The summed E-state index contributed by atoms with van der Waals surface area (Å²) in [5.41, 5.74) is 1.75. The molecular weight excluding hydrogens is 462 g/mol. The van der Waals surface area contributed by atoms with E-state index in [4.69, 9.17) is 4.52 Å². The molecule has 0 spiro atoms. The van der Waals surface area contributed by atoms with Crippen LogP contribution in [0.3, 0.4) is 0 Å². The highest BCUT2D eigenvalue weighted by Gasteiger charge is 2.41. The van der Waals surface area contributed by atoms with Crippen molar-refractivity contribution < 1.29 is 17.7 Å². The first-order valence-electron chi connectivity index (χ1n) is 8.49. The van der Waals surface area contributed by atoms with Crippen LogP contribution in [0.15, 0.2) is 9.52 Å². The van der Waals surface area contributed by atoms with E-state index in [-0.39, 0.29) is 24.0 Å². The predicted molar refractivity (Wildman–Crippen MR) is 105 cm³/mol. The smallest absolute Gasteiger partial charge is 0.361 e. The van der Waals surface area contributed by atoms with Crippen LogP contribution in [0.1, 0.15) is 30.9 Å². The lowest BCUT2D eigenvalue weighted by Gasteiger charge is -2.39. The summed E-state index contributed by atoms with van der Waals surface area (Å²) >= 11 is 0. The Bertz CT molecular complexity index is 578. The van der Waals surface area contributed by atoms with Gasteiger partial charge in [-0.15, -0.1) is 24.0 Å². The zero-order valence-electron chi connectivity index (χ0n) is 15.6. The first-order valence-corrected chi connectivity index (χ1v) is 8.49. The number of alkyl halides is 3. The molecule has 0 amide bonds. The third-order valence-corrected chi connectivity index (χ3v) is 4.54. The molecule has 1 aromatic heterocycles. The number of hydrogen-bond acceptors (Lipinski definition) is 4. The largest absolute Gasteiger partial charge is 0.403 e. The van der Waals surface area contributed by atoms with Gasteiger partial charge in [-0.3, -0.25) is 4.90 Å². The first-order chi connectivity index (χ1) is 11.7. The van der Waals surface area contributed by atoms with Crippen molar-refractivity contribution in [2.45, 2.75) is 46.5 Å². The van der Waals surface area contributed by atoms with Gasteiger partial charge in [-0.25, -0.2) is 4.99 Å². The highest BCUT2D eigenvalue weighted by Crippen LogP contribution is 2.25. The fraction of sp³-hybridized carbons (Fsp3) is 0.750. The molecule has 150 valence electrons. The summed E-state index contributed by atoms with van der Waals surface area (Å²) < 4.78 is 43.7. The van der Waals surface area contributed by atoms with Crippen LogP contribution >= 0.6 is 24.0 Å². The van der Waals surface area contributed by atoms with E-state index in [1.807, 2.05) is 25.7 Å². The highest BCUT2D eigenvalue weighted by molar-refractivity contribution is 14.0. The van der Waals surface area contributed by atoms with Crippen molar-refractivity contribution in [3.8, 4) is 0 Å². The summed E-state index contributed by atoms with van der Waals surface area (Å²) in [6.45, 7) is 9.75. The van der Waals surface area contributed by atoms with Crippen molar-refractivity contribution in [1.82, 2.24) is 20.3 Å². The summed E-state index contributed by atoms with van der Waals surface area (Å²) in [7, 11) is 0. The maximum absolute atomic E-state index is 12.9. The van der Waals surface area contributed by atoms with Gasteiger partial charge in [-0.1, -0.05) is 5.16 Å². The van der Waals surface area contributed by atoms with Crippen LogP contribution < -0.4 is 5.32 Å².